The van der Waals surface area contributed by atoms with Crippen LogP contribution in [-0.4, -0.2) is 23.1 Å². The topological polar surface area (TPSA) is 88.8 Å². The highest BCUT2D eigenvalue weighted by Gasteiger charge is 2.20. The molecular formula is C18H21NO5. The molecule has 0 spiro atoms. The Morgan fingerprint density at radius 2 is 2.00 bits per heavy atom. The molecule has 24 heavy (non-hydrogen) atoms. The van der Waals surface area contributed by atoms with E-state index in [1.54, 1.807) is 6.92 Å². The monoisotopic (exact) mass is 331 g/mol. The summed E-state index contributed by atoms with van der Waals surface area (Å²) in [5, 5.41) is 11.8. The number of hydrogen-bond acceptors (Lipinski definition) is 4. The number of carbonyl (C=O) groups is 2. The van der Waals surface area contributed by atoms with E-state index in [1.807, 2.05) is 38.1 Å². The van der Waals surface area contributed by atoms with Gasteiger partial charge in [0.05, 0.1) is 6.10 Å². The van der Waals surface area contributed by atoms with Crippen LogP contribution in [0, 0.1) is 0 Å². The van der Waals surface area contributed by atoms with Gasteiger partial charge in [0.25, 0.3) is 5.91 Å². The van der Waals surface area contributed by atoms with Crippen molar-refractivity contribution in [2.45, 2.75) is 39.8 Å². The van der Waals surface area contributed by atoms with Crippen LogP contribution in [0.2, 0.25) is 0 Å². The third-order valence-corrected chi connectivity index (χ3v) is 3.36. The summed E-state index contributed by atoms with van der Waals surface area (Å²) < 4.78 is 11.0. The van der Waals surface area contributed by atoms with Gasteiger partial charge in [-0.1, -0.05) is 25.1 Å². The van der Waals surface area contributed by atoms with E-state index >= 15 is 0 Å². The number of aryl methyl sites for hydroxylation is 1. The number of amides is 1. The second kappa shape index (κ2) is 7.68. The van der Waals surface area contributed by atoms with Crippen LogP contribution in [0.3, 0.4) is 0 Å². The Morgan fingerprint density at radius 3 is 2.58 bits per heavy atom. The first-order chi connectivity index (χ1) is 11.4. The maximum Gasteiger partial charge on any atom is 0.339 e. The van der Waals surface area contributed by atoms with Crippen molar-refractivity contribution in [1.29, 1.82) is 0 Å². The molecule has 0 unspecified atom stereocenters. The normalized spacial score (nSPS) is 10.7. The maximum absolute atomic E-state index is 12.2. The van der Waals surface area contributed by atoms with E-state index in [-0.39, 0.29) is 29.7 Å². The van der Waals surface area contributed by atoms with Crippen LogP contribution >= 0.6 is 0 Å². The molecule has 0 aliphatic heterocycles. The van der Waals surface area contributed by atoms with Gasteiger partial charge in [0.15, 0.2) is 5.76 Å². The van der Waals surface area contributed by atoms with Crippen LogP contribution in [0.1, 0.15) is 53.0 Å². The first-order valence-electron chi connectivity index (χ1n) is 7.81. The van der Waals surface area contributed by atoms with Gasteiger partial charge in [-0.3, -0.25) is 4.79 Å². The molecule has 0 aliphatic carbocycles. The SMILES string of the molecule is CCc1oc(C(=O)NCc2ccccc2OC(C)C)cc1C(=O)O. The van der Waals surface area contributed by atoms with Crippen LogP contribution < -0.4 is 10.1 Å². The van der Waals surface area contributed by atoms with Gasteiger partial charge < -0.3 is 19.6 Å². The number of aromatic carboxylic acids is 1. The van der Waals surface area contributed by atoms with Crippen LogP contribution in [0.15, 0.2) is 34.7 Å². The minimum atomic E-state index is -1.11. The predicted octanol–water partition coefficient (Wildman–Crippen LogP) is 3.26. The molecule has 2 N–H and O–H groups in total. The van der Waals surface area contributed by atoms with Crippen LogP contribution in [0.25, 0.3) is 0 Å². The molecule has 128 valence electrons. The number of ether oxygens (including phenoxy) is 1. The number of rotatable bonds is 7. The predicted molar refractivity (Wildman–Crippen MR) is 88.4 cm³/mol. The summed E-state index contributed by atoms with van der Waals surface area (Å²) in [7, 11) is 0. The zero-order chi connectivity index (χ0) is 17.7. The van der Waals surface area contributed by atoms with Crippen LogP contribution in [0.5, 0.6) is 5.75 Å². The minimum absolute atomic E-state index is 0.00786. The Balaban J connectivity index is 2.10. The molecule has 2 aromatic rings. The van der Waals surface area contributed by atoms with Crippen molar-refractivity contribution < 1.29 is 23.8 Å². The van der Waals surface area contributed by atoms with Crippen molar-refractivity contribution in [3.8, 4) is 5.75 Å². The lowest BCUT2D eigenvalue weighted by atomic mass is 10.2. The highest BCUT2D eigenvalue weighted by atomic mass is 16.5. The second-order valence-corrected chi connectivity index (χ2v) is 5.56. The zero-order valence-electron chi connectivity index (χ0n) is 14.0. The van der Waals surface area contributed by atoms with Gasteiger partial charge in [-0.2, -0.15) is 0 Å². The molecule has 1 aromatic carbocycles. The Bertz CT molecular complexity index is 733. The average molecular weight is 331 g/mol. The standard InChI is InChI=1S/C18H21NO5/c1-4-14-13(18(21)22)9-16(24-14)17(20)19-10-12-7-5-6-8-15(12)23-11(2)3/h5-9,11H,4,10H2,1-3H3,(H,19,20)(H,21,22). The molecule has 1 heterocycles. The molecule has 1 aromatic heterocycles. The Kier molecular flexibility index (Phi) is 5.63. The highest BCUT2D eigenvalue weighted by Crippen LogP contribution is 2.20. The number of nitrogens with one attached hydrogen (secondary N) is 1. The fourth-order valence-corrected chi connectivity index (χ4v) is 2.27. The van der Waals surface area contributed by atoms with Gasteiger partial charge in [-0.25, -0.2) is 4.79 Å². The summed E-state index contributed by atoms with van der Waals surface area (Å²) >= 11 is 0. The zero-order valence-corrected chi connectivity index (χ0v) is 14.0. The Labute approximate surface area is 140 Å². The number of carboxylic acids is 1. The molecule has 1 amide bonds. The van der Waals surface area contributed by atoms with Gasteiger partial charge >= 0.3 is 5.97 Å². The lowest BCUT2D eigenvalue weighted by Crippen LogP contribution is -2.23. The fourth-order valence-electron chi connectivity index (χ4n) is 2.27. The third kappa shape index (κ3) is 4.16. The van der Waals surface area contributed by atoms with Gasteiger partial charge in [0.2, 0.25) is 0 Å². The molecule has 0 aliphatic rings. The van der Waals surface area contributed by atoms with Gasteiger partial charge in [0, 0.05) is 24.6 Å². The van der Waals surface area contributed by atoms with Crippen molar-refractivity contribution in [2.75, 3.05) is 0 Å². The molecule has 0 atom stereocenters. The molecular weight excluding hydrogens is 310 g/mol. The summed E-state index contributed by atoms with van der Waals surface area (Å²) in [4.78, 5) is 23.4. The van der Waals surface area contributed by atoms with Gasteiger partial charge in [-0.05, 0) is 19.9 Å². The van der Waals surface area contributed by atoms with E-state index in [0.717, 1.165) is 5.56 Å². The average Bonchev–Trinajstić information content (AvgIpc) is 2.98. The first kappa shape index (κ1) is 17.6. The number of carboxylic acid groups (broad SMARTS) is 1. The molecule has 0 fully saturated rings. The van der Waals surface area contributed by atoms with E-state index in [0.29, 0.717) is 12.2 Å². The van der Waals surface area contributed by atoms with Gasteiger partial charge in [0.1, 0.15) is 17.1 Å². The van der Waals surface area contributed by atoms with E-state index in [1.165, 1.54) is 6.07 Å². The van der Waals surface area contributed by atoms with Crippen molar-refractivity contribution in [1.82, 2.24) is 5.32 Å². The smallest absolute Gasteiger partial charge is 0.339 e. The molecule has 2 rings (SSSR count). The molecule has 0 bridgehead atoms. The number of para-hydroxylation sites is 1. The molecule has 0 saturated heterocycles. The van der Waals surface area contributed by atoms with E-state index in [4.69, 9.17) is 14.3 Å². The van der Waals surface area contributed by atoms with E-state index in [2.05, 4.69) is 5.32 Å². The largest absolute Gasteiger partial charge is 0.491 e. The van der Waals surface area contributed by atoms with E-state index in [9.17, 15) is 9.59 Å². The first-order valence-corrected chi connectivity index (χ1v) is 7.81. The van der Waals surface area contributed by atoms with Crippen LogP contribution in [0.4, 0.5) is 0 Å². The number of hydrogen-bond donors (Lipinski definition) is 2. The van der Waals surface area contributed by atoms with Crippen molar-refractivity contribution in [2.24, 2.45) is 0 Å². The number of furan rings is 1. The third-order valence-electron chi connectivity index (χ3n) is 3.36. The van der Waals surface area contributed by atoms with Crippen LogP contribution in [-0.2, 0) is 13.0 Å². The Morgan fingerprint density at radius 1 is 1.29 bits per heavy atom. The minimum Gasteiger partial charge on any atom is -0.491 e. The molecule has 0 saturated carbocycles. The summed E-state index contributed by atoms with van der Waals surface area (Å²) in [5.74, 6) is -0.586. The van der Waals surface area contributed by atoms with Crippen molar-refractivity contribution in [3.63, 3.8) is 0 Å². The summed E-state index contributed by atoms with van der Waals surface area (Å²) in [6, 6.07) is 8.68. The Hall–Kier alpha value is -2.76. The molecule has 6 nitrogen and oxygen atoms in total. The summed E-state index contributed by atoms with van der Waals surface area (Å²) in [6.07, 6.45) is 0.428. The highest BCUT2D eigenvalue weighted by molar-refractivity contribution is 5.96. The lowest BCUT2D eigenvalue weighted by molar-refractivity contribution is 0.0694. The molecule has 0 radical (unpaired) electrons. The fraction of sp³-hybridized carbons (Fsp3) is 0.333. The van der Waals surface area contributed by atoms with Gasteiger partial charge in [-0.15, -0.1) is 0 Å². The van der Waals surface area contributed by atoms with E-state index < -0.39 is 11.9 Å². The summed E-state index contributed by atoms with van der Waals surface area (Å²) in [5.41, 5.74) is 0.853. The quantitative estimate of drug-likeness (QED) is 0.813. The lowest BCUT2D eigenvalue weighted by Gasteiger charge is -2.14. The van der Waals surface area contributed by atoms with Crippen molar-refractivity contribution in [3.05, 3.63) is 53.0 Å². The number of carbonyl (C=O) groups excluding carboxylic acids is 1. The summed E-state index contributed by atoms with van der Waals surface area (Å²) in [6.45, 7) is 5.88. The molecule has 6 heteroatoms. The number of benzene rings is 1. The van der Waals surface area contributed by atoms with Crippen molar-refractivity contribution >= 4 is 11.9 Å². The second-order valence-electron chi connectivity index (χ2n) is 5.56. The maximum atomic E-state index is 12.2.